The molecular formula is C13H16Cl2N2S. The number of nitrogens with one attached hydrogen (secondary N) is 1. The lowest BCUT2D eigenvalue weighted by molar-refractivity contribution is 0.575. The zero-order valence-corrected chi connectivity index (χ0v) is 12.7. The normalized spacial score (nSPS) is 19.2. The Kier molecular flexibility index (Phi) is 4.82. The van der Waals surface area contributed by atoms with Crippen LogP contribution in [-0.4, -0.2) is 17.0 Å². The van der Waals surface area contributed by atoms with Gasteiger partial charge in [0.1, 0.15) is 0 Å². The minimum Gasteiger partial charge on any atom is -0.334 e. The Labute approximate surface area is 122 Å². The molecule has 1 unspecified atom stereocenters. The standard InChI is InChI=1S/C13H16Cl2N2S/c1-8(2)5-10-7-16-13(18-10)17-12-4-3-9(14)6-11(12)15/h3-4,6,8,10H,5,7H2,1-2H3,(H,16,17). The molecule has 98 valence electrons. The lowest BCUT2D eigenvalue weighted by atomic mass is 10.1. The molecule has 1 N–H and O–H groups in total. The highest BCUT2D eigenvalue weighted by Gasteiger charge is 2.21. The highest BCUT2D eigenvalue weighted by molar-refractivity contribution is 8.15. The van der Waals surface area contributed by atoms with Crippen molar-refractivity contribution >= 4 is 45.8 Å². The predicted octanol–water partition coefficient (Wildman–Crippen LogP) is 4.92. The van der Waals surface area contributed by atoms with Crippen LogP contribution in [0.5, 0.6) is 0 Å². The van der Waals surface area contributed by atoms with Gasteiger partial charge in [0.2, 0.25) is 0 Å². The predicted molar refractivity (Wildman–Crippen MR) is 83.2 cm³/mol. The Balaban J connectivity index is 1.95. The number of amidine groups is 1. The summed E-state index contributed by atoms with van der Waals surface area (Å²) in [6.45, 7) is 5.36. The Bertz CT molecular complexity index is 460. The molecule has 0 aromatic heterocycles. The van der Waals surface area contributed by atoms with Crippen LogP contribution < -0.4 is 5.32 Å². The zero-order valence-electron chi connectivity index (χ0n) is 10.4. The molecular weight excluding hydrogens is 287 g/mol. The van der Waals surface area contributed by atoms with Gasteiger partial charge >= 0.3 is 0 Å². The third-order valence-corrected chi connectivity index (χ3v) is 4.30. The van der Waals surface area contributed by atoms with Crippen molar-refractivity contribution in [1.82, 2.24) is 0 Å². The summed E-state index contributed by atoms with van der Waals surface area (Å²) in [5.41, 5.74) is 0.859. The summed E-state index contributed by atoms with van der Waals surface area (Å²) in [4.78, 5) is 4.51. The van der Waals surface area contributed by atoms with Crippen molar-refractivity contribution in [3.05, 3.63) is 28.2 Å². The second kappa shape index (κ2) is 6.18. The molecule has 1 aliphatic rings. The number of rotatable bonds is 3. The maximum Gasteiger partial charge on any atom is 0.161 e. The molecule has 0 aliphatic carbocycles. The minimum absolute atomic E-state index is 0.582. The van der Waals surface area contributed by atoms with E-state index in [0.29, 0.717) is 21.2 Å². The van der Waals surface area contributed by atoms with E-state index in [1.165, 1.54) is 6.42 Å². The number of thioether (sulfide) groups is 1. The molecule has 2 rings (SSSR count). The summed E-state index contributed by atoms with van der Waals surface area (Å²) in [7, 11) is 0. The third-order valence-electron chi connectivity index (χ3n) is 2.62. The first-order valence-electron chi connectivity index (χ1n) is 5.98. The van der Waals surface area contributed by atoms with Crippen molar-refractivity contribution in [2.24, 2.45) is 10.9 Å². The van der Waals surface area contributed by atoms with Gasteiger partial charge < -0.3 is 5.32 Å². The van der Waals surface area contributed by atoms with Crippen LogP contribution in [0.2, 0.25) is 10.0 Å². The molecule has 0 fully saturated rings. The molecule has 5 heteroatoms. The third kappa shape index (κ3) is 3.81. The van der Waals surface area contributed by atoms with Gasteiger partial charge in [-0.2, -0.15) is 0 Å². The molecule has 2 nitrogen and oxygen atoms in total. The number of hydrogen-bond donors (Lipinski definition) is 1. The summed E-state index contributed by atoms with van der Waals surface area (Å²) in [5.74, 6) is 0.705. The average Bonchev–Trinajstić information content (AvgIpc) is 2.69. The summed E-state index contributed by atoms with van der Waals surface area (Å²) in [6.07, 6.45) is 1.19. The average molecular weight is 303 g/mol. The summed E-state index contributed by atoms with van der Waals surface area (Å²) >= 11 is 13.8. The smallest absolute Gasteiger partial charge is 0.161 e. The van der Waals surface area contributed by atoms with E-state index in [1.807, 2.05) is 12.1 Å². The molecule has 1 aromatic rings. The first kappa shape index (κ1) is 14.0. The second-order valence-electron chi connectivity index (χ2n) is 4.76. The summed E-state index contributed by atoms with van der Waals surface area (Å²) < 4.78 is 0. The number of aliphatic imine (C=N–C) groups is 1. The van der Waals surface area contributed by atoms with Gasteiger partial charge in [0.15, 0.2) is 5.17 Å². The molecule has 0 bridgehead atoms. The molecule has 1 atom stereocenters. The van der Waals surface area contributed by atoms with E-state index in [1.54, 1.807) is 17.8 Å². The fourth-order valence-corrected chi connectivity index (χ4v) is 3.56. The van der Waals surface area contributed by atoms with E-state index in [4.69, 9.17) is 23.2 Å². The summed E-state index contributed by atoms with van der Waals surface area (Å²) in [5, 5.41) is 6.06. The topological polar surface area (TPSA) is 24.4 Å². The molecule has 18 heavy (non-hydrogen) atoms. The highest BCUT2D eigenvalue weighted by atomic mass is 35.5. The first-order chi connectivity index (χ1) is 8.54. The fraction of sp³-hybridized carbons (Fsp3) is 0.462. The quantitative estimate of drug-likeness (QED) is 0.857. The van der Waals surface area contributed by atoms with E-state index < -0.39 is 0 Å². The van der Waals surface area contributed by atoms with E-state index in [2.05, 4.69) is 24.2 Å². The van der Waals surface area contributed by atoms with Crippen molar-refractivity contribution in [2.75, 3.05) is 11.9 Å². The van der Waals surface area contributed by atoms with Gasteiger partial charge in [0.05, 0.1) is 17.3 Å². The van der Waals surface area contributed by atoms with Crippen LogP contribution in [0.15, 0.2) is 23.2 Å². The Morgan fingerprint density at radius 1 is 1.44 bits per heavy atom. The van der Waals surface area contributed by atoms with E-state index in [0.717, 1.165) is 17.4 Å². The van der Waals surface area contributed by atoms with Crippen molar-refractivity contribution in [2.45, 2.75) is 25.5 Å². The van der Waals surface area contributed by atoms with Crippen molar-refractivity contribution in [3.8, 4) is 0 Å². The largest absolute Gasteiger partial charge is 0.334 e. The maximum absolute atomic E-state index is 6.12. The van der Waals surface area contributed by atoms with Crippen LogP contribution in [-0.2, 0) is 0 Å². The Hall–Kier alpha value is -0.380. The van der Waals surface area contributed by atoms with Crippen molar-refractivity contribution < 1.29 is 0 Å². The Morgan fingerprint density at radius 2 is 2.22 bits per heavy atom. The van der Waals surface area contributed by atoms with Gasteiger partial charge in [-0.05, 0) is 30.5 Å². The molecule has 0 saturated heterocycles. The lowest BCUT2D eigenvalue weighted by Crippen LogP contribution is -2.09. The number of anilines is 1. The van der Waals surface area contributed by atoms with Crippen LogP contribution in [0.25, 0.3) is 0 Å². The molecule has 0 spiro atoms. The van der Waals surface area contributed by atoms with Crippen LogP contribution >= 0.6 is 35.0 Å². The van der Waals surface area contributed by atoms with E-state index >= 15 is 0 Å². The van der Waals surface area contributed by atoms with Gasteiger partial charge in [-0.15, -0.1) is 0 Å². The number of hydrogen-bond acceptors (Lipinski definition) is 3. The van der Waals surface area contributed by atoms with Crippen molar-refractivity contribution in [1.29, 1.82) is 0 Å². The first-order valence-corrected chi connectivity index (χ1v) is 7.61. The van der Waals surface area contributed by atoms with Crippen LogP contribution in [0.1, 0.15) is 20.3 Å². The van der Waals surface area contributed by atoms with Crippen LogP contribution in [0.4, 0.5) is 5.69 Å². The van der Waals surface area contributed by atoms with Crippen LogP contribution in [0.3, 0.4) is 0 Å². The molecule has 0 radical (unpaired) electrons. The second-order valence-corrected chi connectivity index (χ2v) is 6.90. The lowest BCUT2D eigenvalue weighted by Gasteiger charge is -2.11. The molecule has 0 saturated carbocycles. The van der Waals surface area contributed by atoms with Gasteiger partial charge in [-0.25, -0.2) is 0 Å². The molecule has 1 aromatic carbocycles. The monoisotopic (exact) mass is 302 g/mol. The van der Waals surface area contributed by atoms with E-state index in [-0.39, 0.29) is 0 Å². The molecule has 1 aliphatic heterocycles. The van der Waals surface area contributed by atoms with Gasteiger partial charge in [-0.1, -0.05) is 48.8 Å². The number of benzene rings is 1. The molecule has 0 amide bonds. The maximum atomic E-state index is 6.12. The number of halogens is 2. The van der Waals surface area contributed by atoms with E-state index in [9.17, 15) is 0 Å². The van der Waals surface area contributed by atoms with Gasteiger partial charge in [-0.3, -0.25) is 4.99 Å². The molecule has 1 heterocycles. The highest BCUT2D eigenvalue weighted by Crippen LogP contribution is 2.30. The number of nitrogens with zero attached hydrogens (tertiary/aromatic N) is 1. The zero-order chi connectivity index (χ0) is 13.1. The SMILES string of the molecule is CC(C)CC1CN=C(Nc2ccc(Cl)cc2Cl)S1. The van der Waals surface area contributed by atoms with Gasteiger partial charge in [0.25, 0.3) is 0 Å². The fourth-order valence-electron chi connectivity index (χ4n) is 1.84. The Morgan fingerprint density at radius 3 is 2.89 bits per heavy atom. The van der Waals surface area contributed by atoms with Crippen LogP contribution in [0, 0.1) is 5.92 Å². The van der Waals surface area contributed by atoms with Crippen molar-refractivity contribution in [3.63, 3.8) is 0 Å². The minimum atomic E-state index is 0.582. The summed E-state index contributed by atoms with van der Waals surface area (Å²) in [6, 6.07) is 5.43. The van der Waals surface area contributed by atoms with Gasteiger partial charge in [0, 0.05) is 10.3 Å².